The molecule has 1 saturated carbocycles. The number of hydrogen-bond donors (Lipinski definition) is 1. The summed E-state index contributed by atoms with van der Waals surface area (Å²) < 4.78 is 0. The Morgan fingerprint density at radius 1 is 1.28 bits per heavy atom. The Kier molecular flexibility index (Phi) is 4.65. The van der Waals surface area contributed by atoms with Gasteiger partial charge in [-0.3, -0.25) is 0 Å². The molecule has 1 aromatic carbocycles. The summed E-state index contributed by atoms with van der Waals surface area (Å²) in [4.78, 5) is 2.52. The molecule has 2 nitrogen and oxygen atoms in total. The number of benzene rings is 1. The average Bonchev–Trinajstić information content (AvgIpc) is 3.18. The molecule has 0 heterocycles. The molecule has 0 spiro atoms. The largest absolute Gasteiger partial charge is 0.372 e. The minimum Gasteiger partial charge on any atom is -0.372 e. The summed E-state index contributed by atoms with van der Waals surface area (Å²) in [6.45, 7) is 11.0. The molecule has 2 rings (SSSR count). The van der Waals surface area contributed by atoms with E-state index in [1.807, 2.05) is 0 Å². The van der Waals surface area contributed by atoms with Gasteiger partial charge in [0.2, 0.25) is 0 Å². The van der Waals surface area contributed by atoms with Crippen LogP contribution in [0.2, 0.25) is 0 Å². The predicted octanol–water partition coefficient (Wildman–Crippen LogP) is 3.34. The highest BCUT2D eigenvalue weighted by Gasteiger charge is 2.23. The molecule has 1 aromatic rings. The van der Waals surface area contributed by atoms with E-state index in [2.05, 4.69) is 49.2 Å². The van der Waals surface area contributed by atoms with Crippen LogP contribution in [0.5, 0.6) is 0 Å². The molecule has 100 valence electrons. The Bertz CT molecular complexity index is 383. The van der Waals surface area contributed by atoms with Crippen molar-refractivity contribution in [3.05, 3.63) is 29.3 Å². The van der Waals surface area contributed by atoms with E-state index in [9.17, 15) is 0 Å². The smallest absolute Gasteiger partial charge is 0.0369 e. The van der Waals surface area contributed by atoms with Gasteiger partial charge in [-0.1, -0.05) is 13.0 Å². The minimum absolute atomic E-state index is 0.951. The zero-order chi connectivity index (χ0) is 13.0. The Morgan fingerprint density at radius 2 is 2.06 bits per heavy atom. The summed E-state index contributed by atoms with van der Waals surface area (Å²) in [5.41, 5.74) is 4.22. The van der Waals surface area contributed by atoms with Crippen molar-refractivity contribution >= 4 is 5.69 Å². The van der Waals surface area contributed by atoms with Crippen LogP contribution in [0.3, 0.4) is 0 Å². The molecule has 0 aliphatic heterocycles. The topological polar surface area (TPSA) is 15.3 Å². The van der Waals surface area contributed by atoms with E-state index < -0.39 is 0 Å². The fraction of sp³-hybridized carbons (Fsp3) is 0.625. The zero-order valence-electron chi connectivity index (χ0n) is 12.0. The number of anilines is 1. The third-order valence-corrected chi connectivity index (χ3v) is 3.81. The van der Waals surface area contributed by atoms with Crippen LogP contribution >= 0.6 is 0 Å². The normalized spacial score (nSPS) is 14.8. The number of nitrogens with zero attached hydrogens (tertiary/aromatic N) is 1. The monoisotopic (exact) mass is 246 g/mol. The highest BCUT2D eigenvalue weighted by Crippen LogP contribution is 2.31. The third kappa shape index (κ3) is 3.49. The molecule has 1 N–H and O–H groups in total. The van der Waals surface area contributed by atoms with Gasteiger partial charge in [0.25, 0.3) is 0 Å². The van der Waals surface area contributed by atoms with Gasteiger partial charge in [-0.05, 0) is 62.4 Å². The van der Waals surface area contributed by atoms with Crippen LogP contribution in [0.15, 0.2) is 18.2 Å². The van der Waals surface area contributed by atoms with Crippen molar-refractivity contribution in [2.75, 3.05) is 24.5 Å². The molecular weight excluding hydrogens is 220 g/mol. The van der Waals surface area contributed by atoms with Crippen molar-refractivity contribution in [3.63, 3.8) is 0 Å². The molecule has 0 amide bonds. The van der Waals surface area contributed by atoms with Crippen molar-refractivity contribution in [1.82, 2.24) is 5.32 Å². The first-order valence-corrected chi connectivity index (χ1v) is 7.29. The summed E-state index contributed by atoms with van der Waals surface area (Å²) >= 11 is 0. The Hall–Kier alpha value is -1.02. The lowest BCUT2D eigenvalue weighted by Crippen LogP contribution is -2.25. The molecule has 18 heavy (non-hydrogen) atoms. The van der Waals surface area contributed by atoms with Gasteiger partial charge in [0.1, 0.15) is 0 Å². The van der Waals surface area contributed by atoms with Gasteiger partial charge in [-0.15, -0.1) is 0 Å². The number of nitrogens with one attached hydrogen (secondary N) is 1. The summed E-state index contributed by atoms with van der Waals surface area (Å²) in [6, 6.07) is 6.91. The van der Waals surface area contributed by atoms with Gasteiger partial charge in [-0.25, -0.2) is 0 Å². The van der Waals surface area contributed by atoms with E-state index in [1.54, 1.807) is 0 Å². The first-order chi connectivity index (χ1) is 8.74. The van der Waals surface area contributed by atoms with Crippen molar-refractivity contribution in [2.45, 2.75) is 40.2 Å². The minimum atomic E-state index is 0.951. The fourth-order valence-corrected chi connectivity index (χ4v) is 2.36. The summed E-state index contributed by atoms with van der Waals surface area (Å²) in [5.74, 6) is 0.951. The molecule has 0 aromatic heterocycles. The molecule has 0 bridgehead atoms. The van der Waals surface area contributed by atoms with Gasteiger partial charge in [0, 0.05) is 25.3 Å². The van der Waals surface area contributed by atoms with Gasteiger partial charge in [0.05, 0.1) is 0 Å². The Balaban J connectivity index is 2.05. The maximum atomic E-state index is 3.40. The summed E-state index contributed by atoms with van der Waals surface area (Å²) in [7, 11) is 0. The van der Waals surface area contributed by atoms with E-state index >= 15 is 0 Å². The second kappa shape index (κ2) is 6.24. The first kappa shape index (κ1) is 13.4. The van der Waals surface area contributed by atoms with Crippen LogP contribution in [0.25, 0.3) is 0 Å². The third-order valence-electron chi connectivity index (χ3n) is 3.81. The fourth-order valence-electron chi connectivity index (χ4n) is 2.36. The molecule has 2 heteroatoms. The van der Waals surface area contributed by atoms with Crippen molar-refractivity contribution in [1.29, 1.82) is 0 Å². The number of rotatable bonds is 7. The van der Waals surface area contributed by atoms with Crippen LogP contribution in [-0.4, -0.2) is 19.6 Å². The van der Waals surface area contributed by atoms with Crippen LogP contribution in [0, 0.1) is 12.8 Å². The van der Waals surface area contributed by atoms with E-state index in [1.165, 1.54) is 36.2 Å². The SMILES string of the molecule is CCNCc1ccc(N(CC)CC2CC2)cc1C. The summed E-state index contributed by atoms with van der Waals surface area (Å²) in [5, 5.41) is 3.40. The second-order valence-electron chi connectivity index (χ2n) is 5.37. The number of hydrogen-bond acceptors (Lipinski definition) is 2. The Labute approximate surface area is 111 Å². The van der Waals surface area contributed by atoms with Gasteiger partial charge in [0.15, 0.2) is 0 Å². The van der Waals surface area contributed by atoms with E-state index in [4.69, 9.17) is 0 Å². The first-order valence-electron chi connectivity index (χ1n) is 7.29. The quantitative estimate of drug-likeness (QED) is 0.794. The molecule has 1 aliphatic carbocycles. The van der Waals surface area contributed by atoms with Crippen LogP contribution in [-0.2, 0) is 6.54 Å². The van der Waals surface area contributed by atoms with E-state index in [-0.39, 0.29) is 0 Å². The standard InChI is InChI=1S/C16H26N2/c1-4-17-11-15-8-9-16(10-13(15)3)18(5-2)12-14-6-7-14/h8-10,14,17H,4-7,11-12H2,1-3H3. The van der Waals surface area contributed by atoms with Crippen LogP contribution in [0.4, 0.5) is 5.69 Å². The maximum Gasteiger partial charge on any atom is 0.0369 e. The van der Waals surface area contributed by atoms with Crippen molar-refractivity contribution < 1.29 is 0 Å². The molecule has 0 unspecified atom stereocenters. The molecule has 0 radical (unpaired) electrons. The zero-order valence-corrected chi connectivity index (χ0v) is 12.0. The van der Waals surface area contributed by atoms with Crippen LogP contribution in [0.1, 0.15) is 37.8 Å². The van der Waals surface area contributed by atoms with Crippen molar-refractivity contribution in [3.8, 4) is 0 Å². The van der Waals surface area contributed by atoms with Gasteiger partial charge >= 0.3 is 0 Å². The summed E-state index contributed by atoms with van der Waals surface area (Å²) in [6.07, 6.45) is 2.85. The molecule has 1 fully saturated rings. The van der Waals surface area contributed by atoms with Gasteiger partial charge < -0.3 is 10.2 Å². The molecular formula is C16H26N2. The molecule has 0 atom stereocenters. The lowest BCUT2D eigenvalue weighted by Gasteiger charge is -2.24. The number of aryl methyl sites for hydroxylation is 1. The molecule has 0 saturated heterocycles. The predicted molar refractivity (Wildman–Crippen MR) is 79.2 cm³/mol. The highest BCUT2D eigenvalue weighted by atomic mass is 15.1. The lowest BCUT2D eigenvalue weighted by molar-refractivity contribution is 0.721. The molecule has 1 aliphatic rings. The van der Waals surface area contributed by atoms with Crippen molar-refractivity contribution in [2.24, 2.45) is 5.92 Å². The van der Waals surface area contributed by atoms with Crippen LogP contribution < -0.4 is 10.2 Å². The van der Waals surface area contributed by atoms with E-state index in [0.29, 0.717) is 0 Å². The maximum absolute atomic E-state index is 3.40. The average molecular weight is 246 g/mol. The van der Waals surface area contributed by atoms with Gasteiger partial charge in [-0.2, -0.15) is 0 Å². The Morgan fingerprint density at radius 3 is 2.61 bits per heavy atom. The second-order valence-corrected chi connectivity index (χ2v) is 5.37. The lowest BCUT2D eigenvalue weighted by atomic mass is 10.1. The van der Waals surface area contributed by atoms with E-state index in [0.717, 1.165) is 25.6 Å². The highest BCUT2D eigenvalue weighted by molar-refractivity contribution is 5.51.